The lowest BCUT2D eigenvalue weighted by atomic mass is 10.1. The maximum Gasteiger partial charge on any atom is 0.170 e. The quantitative estimate of drug-likeness (QED) is 0.492. The Labute approximate surface area is 168 Å². The maximum atomic E-state index is 12.8. The fourth-order valence-corrected chi connectivity index (χ4v) is 3.50. The van der Waals surface area contributed by atoms with Crippen molar-refractivity contribution in [1.82, 2.24) is 24.5 Å². The molecule has 0 atom stereocenters. The second kappa shape index (κ2) is 7.09. The molecule has 1 aliphatic heterocycles. The highest BCUT2D eigenvalue weighted by Crippen LogP contribution is 2.23. The van der Waals surface area contributed by atoms with Gasteiger partial charge in [-0.1, -0.05) is 12.1 Å². The van der Waals surface area contributed by atoms with E-state index in [0.29, 0.717) is 11.4 Å². The second-order valence-electron chi connectivity index (χ2n) is 7.29. The average Bonchev–Trinajstić information content (AvgIpc) is 3.12. The Morgan fingerprint density at radius 1 is 1.10 bits per heavy atom. The van der Waals surface area contributed by atoms with Crippen molar-refractivity contribution in [2.45, 2.75) is 12.8 Å². The van der Waals surface area contributed by atoms with Gasteiger partial charge in [0, 0.05) is 49.0 Å². The third-order valence-electron chi connectivity index (χ3n) is 5.31. The summed E-state index contributed by atoms with van der Waals surface area (Å²) in [5, 5.41) is 0.941. The molecule has 1 aromatic carbocycles. The van der Waals surface area contributed by atoms with Crippen LogP contribution in [0.2, 0.25) is 0 Å². The summed E-state index contributed by atoms with van der Waals surface area (Å²) in [4.78, 5) is 32.5. The summed E-state index contributed by atoms with van der Waals surface area (Å²) >= 11 is 0. The third-order valence-corrected chi connectivity index (χ3v) is 5.31. The molecule has 5 rings (SSSR count). The van der Waals surface area contributed by atoms with Crippen LogP contribution in [0.15, 0.2) is 55.2 Å². The number of hydrogen-bond acceptors (Lipinski definition) is 6. The molecule has 29 heavy (non-hydrogen) atoms. The summed E-state index contributed by atoms with van der Waals surface area (Å²) in [6.45, 7) is 1.99. The number of anilines is 1. The molecule has 1 aliphatic rings. The van der Waals surface area contributed by atoms with Crippen LogP contribution in [0.25, 0.3) is 22.2 Å². The molecule has 3 aromatic heterocycles. The number of benzene rings is 1. The van der Waals surface area contributed by atoms with Crippen molar-refractivity contribution in [2.24, 2.45) is 7.05 Å². The molecule has 7 heteroatoms. The zero-order valence-corrected chi connectivity index (χ0v) is 16.1. The molecule has 0 spiro atoms. The van der Waals surface area contributed by atoms with Gasteiger partial charge in [0.2, 0.25) is 0 Å². The van der Waals surface area contributed by atoms with Crippen molar-refractivity contribution < 1.29 is 4.79 Å². The van der Waals surface area contributed by atoms with Gasteiger partial charge >= 0.3 is 0 Å². The summed E-state index contributed by atoms with van der Waals surface area (Å²) in [6, 6.07) is 9.65. The van der Waals surface area contributed by atoms with Gasteiger partial charge in [-0.3, -0.25) is 4.79 Å². The third kappa shape index (κ3) is 3.35. The van der Waals surface area contributed by atoms with Gasteiger partial charge in [0.1, 0.15) is 11.6 Å². The van der Waals surface area contributed by atoms with E-state index in [0.717, 1.165) is 41.1 Å². The minimum atomic E-state index is -0.00341. The fraction of sp³-hybridized carbons (Fsp3) is 0.227. The van der Waals surface area contributed by atoms with E-state index in [-0.39, 0.29) is 12.2 Å². The van der Waals surface area contributed by atoms with Gasteiger partial charge in [0.05, 0.1) is 30.2 Å². The first-order valence-electron chi connectivity index (χ1n) is 9.64. The van der Waals surface area contributed by atoms with Crippen molar-refractivity contribution >= 4 is 22.5 Å². The molecule has 0 N–H and O–H groups in total. The standard InChI is InChI=1S/C22H20N6O/c1-27-14-23-13-19(27)15-3-4-17-12-25-21(26-18(17)9-15)11-20(29)16-5-6-24-22(10-16)28-7-2-8-28/h3-6,9-10,12-14H,2,7-8,11H2,1H3. The van der Waals surface area contributed by atoms with Gasteiger partial charge in [-0.15, -0.1) is 0 Å². The number of aromatic nitrogens is 5. The summed E-state index contributed by atoms with van der Waals surface area (Å²) in [7, 11) is 1.96. The van der Waals surface area contributed by atoms with E-state index in [1.807, 2.05) is 42.1 Å². The number of aryl methyl sites for hydroxylation is 1. The van der Waals surface area contributed by atoms with Gasteiger partial charge in [0.25, 0.3) is 0 Å². The van der Waals surface area contributed by atoms with E-state index in [1.54, 1.807) is 24.8 Å². The van der Waals surface area contributed by atoms with Gasteiger partial charge < -0.3 is 9.47 Å². The monoisotopic (exact) mass is 384 g/mol. The number of carbonyl (C=O) groups is 1. The lowest BCUT2D eigenvalue weighted by Crippen LogP contribution is -2.37. The Hall–Kier alpha value is -3.61. The van der Waals surface area contributed by atoms with E-state index >= 15 is 0 Å². The Bertz CT molecular complexity index is 1210. The number of carbonyl (C=O) groups excluding carboxylic acids is 1. The van der Waals surface area contributed by atoms with Crippen LogP contribution in [0, 0.1) is 0 Å². The number of pyridine rings is 1. The largest absolute Gasteiger partial charge is 0.356 e. The summed E-state index contributed by atoms with van der Waals surface area (Å²) in [5.41, 5.74) is 3.51. The predicted molar refractivity (Wildman–Crippen MR) is 111 cm³/mol. The lowest BCUT2D eigenvalue weighted by molar-refractivity contribution is 0.0991. The van der Waals surface area contributed by atoms with Crippen LogP contribution >= 0.6 is 0 Å². The van der Waals surface area contributed by atoms with Crippen molar-refractivity contribution in [3.05, 3.63) is 66.6 Å². The molecule has 0 radical (unpaired) electrons. The molecule has 0 bridgehead atoms. The highest BCUT2D eigenvalue weighted by atomic mass is 16.1. The van der Waals surface area contributed by atoms with Crippen LogP contribution in [-0.2, 0) is 13.5 Å². The average molecular weight is 384 g/mol. The zero-order valence-electron chi connectivity index (χ0n) is 16.1. The molecule has 1 saturated heterocycles. The highest BCUT2D eigenvalue weighted by Gasteiger charge is 2.18. The van der Waals surface area contributed by atoms with E-state index in [2.05, 4.69) is 24.8 Å². The Kier molecular flexibility index (Phi) is 4.27. The predicted octanol–water partition coefficient (Wildman–Crippen LogP) is 3.06. The first kappa shape index (κ1) is 17.5. The molecular formula is C22H20N6O. The SMILES string of the molecule is Cn1cncc1-c1ccc2cnc(CC(=O)c3ccnc(N4CCC4)c3)nc2c1. The number of hydrogen-bond donors (Lipinski definition) is 0. The molecule has 0 unspecified atom stereocenters. The van der Waals surface area contributed by atoms with E-state index < -0.39 is 0 Å². The topological polar surface area (TPSA) is 76.8 Å². The molecule has 4 aromatic rings. The second-order valence-corrected chi connectivity index (χ2v) is 7.29. The van der Waals surface area contributed by atoms with Crippen LogP contribution in [-0.4, -0.2) is 43.4 Å². The van der Waals surface area contributed by atoms with E-state index in [1.165, 1.54) is 6.42 Å². The molecule has 0 aliphatic carbocycles. The minimum absolute atomic E-state index is 0.00341. The van der Waals surface area contributed by atoms with Crippen LogP contribution in [0.4, 0.5) is 5.82 Å². The fourth-order valence-electron chi connectivity index (χ4n) is 3.50. The van der Waals surface area contributed by atoms with Crippen LogP contribution in [0.5, 0.6) is 0 Å². The summed E-state index contributed by atoms with van der Waals surface area (Å²) in [5.74, 6) is 1.38. The van der Waals surface area contributed by atoms with Crippen LogP contribution in [0.1, 0.15) is 22.6 Å². The van der Waals surface area contributed by atoms with Crippen LogP contribution < -0.4 is 4.90 Å². The smallest absolute Gasteiger partial charge is 0.170 e. The zero-order chi connectivity index (χ0) is 19.8. The molecular weight excluding hydrogens is 364 g/mol. The van der Waals surface area contributed by atoms with Crippen molar-refractivity contribution in [2.75, 3.05) is 18.0 Å². The number of imidazole rings is 1. The Balaban J connectivity index is 1.41. The molecule has 144 valence electrons. The first-order valence-corrected chi connectivity index (χ1v) is 9.64. The first-order chi connectivity index (χ1) is 14.2. The van der Waals surface area contributed by atoms with Gasteiger partial charge in [0.15, 0.2) is 5.78 Å². The maximum absolute atomic E-state index is 12.8. The highest BCUT2D eigenvalue weighted by molar-refractivity contribution is 5.98. The van der Waals surface area contributed by atoms with Crippen LogP contribution in [0.3, 0.4) is 0 Å². The minimum Gasteiger partial charge on any atom is -0.356 e. The molecule has 4 heterocycles. The number of rotatable bonds is 5. The molecule has 0 amide bonds. The van der Waals surface area contributed by atoms with Crippen molar-refractivity contribution in [3.8, 4) is 11.3 Å². The summed E-state index contributed by atoms with van der Waals surface area (Å²) < 4.78 is 1.96. The molecule has 7 nitrogen and oxygen atoms in total. The Morgan fingerprint density at radius 2 is 2.00 bits per heavy atom. The lowest BCUT2D eigenvalue weighted by Gasteiger charge is -2.32. The van der Waals surface area contributed by atoms with Gasteiger partial charge in [-0.25, -0.2) is 19.9 Å². The number of ketones is 1. The van der Waals surface area contributed by atoms with Crippen molar-refractivity contribution in [3.63, 3.8) is 0 Å². The number of Topliss-reactive ketones (excluding diaryl/α,β-unsaturated/α-hetero) is 1. The van der Waals surface area contributed by atoms with E-state index in [9.17, 15) is 4.79 Å². The van der Waals surface area contributed by atoms with E-state index in [4.69, 9.17) is 0 Å². The van der Waals surface area contributed by atoms with Gasteiger partial charge in [-0.2, -0.15) is 0 Å². The number of nitrogens with zero attached hydrogens (tertiary/aromatic N) is 6. The van der Waals surface area contributed by atoms with Crippen molar-refractivity contribution in [1.29, 1.82) is 0 Å². The normalized spacial score (nSPS) is 13.5. The van der Waals surface area contributed by atoms with Gasteiger partial charge in [-0.05, 0) is 24.6 Å². The molecule has 0 saturated carbocycles. The number of fused-ring (bicyclic) bond motifs is 1. The molecule has 1 fully saturated rings. The summed E-state index contributed by atoms with van der Waals surface area (Å²) in [6.07, 6.45) is 8.40. The Morgan fingerprint density at radius 3 is 2.76 bits per heavy atom.